The molecule has 0 bridgehead atoms. The fourth-order valence-electron chi connectivity index (χ4n) is 4.32. The van der Waals surface area contributed by atoms with E-state index in [-0.39, 0.29) is 17.9 Å². The number of ether oxygens (including phenoxy) is 2. The molecule has 3 amide bonds. The van der Waals surface area contributed by atoms with Gasteiger partial charge >= 0.3 is 6.09 Å². The van der Waals surface area contributed by atoms with Gasteiger partial charge < -0.3 is 24.6 Å². The molecule has 212 valence electrons. The zero-order chi connectivity index (χ0) is 28.8. The van der Waals surface area contributed by atoms with Gasteiger partial charge in [-0.15, -0.1) is 0 Å². The maximum atomic E-state index is 13.1. The summed E-state index contributed by atoms with van der Waals surface area (Å²) in [4.78, 5) is 41.2. The summed E-state index contributed by atoms with van der Waals surface area (Å²) in [7, 11) is 0. The van der Waals surface area contributed by atoms with Crippen molar-refractivity contribution in [2.75, 3.05) is 38.1 Å². The summed E-state index contributed by atoms with van der Waals surface area (Å²) in [5.74, 6) is 0.343. The van der Waals surface area contributed by atoms with Gasteiger partial charge in [0.15, 0.2) is 0 Å². The van der Waals surface area contributed by atoms with Crippen LogP contribution < -0.4 is 10.1 Å². The Kier molecular flexibility index (Phi) is 9.31. The molecule has 1 aliphatic heterocycles. The van der Waals surface area contributed by atoms with Gasteiger partial charge in [0.25, 0.3) is 5.91 Å². The highest BCUT2D eigenvalue weighted by Gasteiger charge is 2.29. The van der Waals surface area contributed by atoms with Crippen molar-refractivity contribution in [2.45, 2.75) is 40.3 Å². The summed E-state index contributed by atoms with van der Waals surface area (Å²) >= 11 is 6.07. The van der Waals surface area contributed by atoms with Crippen LogP contribution in [0.25, 0.3) is 0 Å². The molecule has 1 unspecified atom stereocenters. The van der Waals surface area contributed by atoms with E-state index in [4.69, 9.17) is 21.1 Å². The van der Waals surface area contributed by atoms with Crippen molar-refractivity contribution in [3.63, 3.8) is 0 Å². The number of anilines is 1. The van der Waals surface area contributed by atoms with Gasteiger partial charge in [-0.05, 0) is 69.2 Å². The van der Waals surface area contributed by atoms with E-state index >= 15 is 0 Å². The van der Waals surface area contributed by atoms with Crippen LogP contribution in [0.15, 0.2) is 48.7 Å². The SMILES string of the molecule is CCOC(=O)N1CCN(C(=O)C(C)n2cc(NC(=O)c3ccc(COc4ccc(Cl)c(C)c4)cc3)c(C)n2)CC1. The topological polar surface area (TPSA) is 106 Å². The Hall–Kier alpha value is -4.05. The minimum absolute atomic E-state index is 0.101. The Morgan fingerprint density at radius 3 is 2.35 bits per heavy atom. The van der Waals surface area contributed by atoms with Gasteiger partial charge in [0.2, 0.25) is 5.91 Å². The van der Waals surface area contributed by atoms with E-state index in [9.17, 15) is 14.4 Å². The number of hydrogen-bond donors (Lipinski definition) is 1. The van der Waals surface area contributed by atoms with E-state index in [0.717, 1.165) is 16.9 Å². The number of amides is 3. The standard InChI is InChI=1S/C29H34ClN5O5/c1-5-39-29(38)34-14-12-33(13-15-34)28(37)21(4)35-17-26(20(3)32-35)31-27(36)23-8-6-22(7-9-23)18-40-24-10-11-25(30)19(2)16-24/h6-11,16-17,21H,5,12-15,18H2,1-4H3,(H,31,36). The van der Waals surface area contributed by atoms with Gasteiger partial charge in [-0.1, -0.05) is 23.7 Å². The normalized spacial score (nSPS) is 14.0. The van der Waals surface area contributed by atoms with E-state index in [1.807, 2.05) is 31.2 Å². The molecular formula is C29H34ClN5O5. The molecule has 0 saturated carbocycles. The Morgan fingerprint density at radius 1 is 1.02 bits per heavy atom. The third kappa shape index (κ3) is 6.93. The summed E-state index contributed by atoms with van der Waals surface area (Å²) in [6, 6.07) is 12.1. The second-order valence-corrected chi connectivity index (χ2v) is 10.1. The van der Waals surface area contributed by atoms with Crippen LogP contribution in [0.4, 0.5) is 10.5 Å². The van der Waals surface area contributed by atoms with Gasteiger partial charge in [0, 0.05) is 43.0 Å². The predicted molar refractivity (Wildman–Crippen MR) is 152 cm³/mol. The first kappa shape index (κ1) is 28.9. The lowest BCUT2D eigenvalue weighted by Crippen LogP contribution is -2.52. The second-order valence-electron chi connectivity index (χ2n) is 9.65. The van der Waals surface area contributed by atoms with Gasteiger partial charge in [-0.25, -0.2) is 4.79 Å². The Labute approximate surface area is 238 Å². The molecule has 1 aliphatic rings. The van der Waals surface area contributed by atoms with Gasteiger partial charge in [0.1, 0.15) is 18.4 Å². The fraction of sp³-hybridized carbons (Fsp3) is 0.379. The third-order valence-corrected chi connectivity index (χ3v) is 7.21. The number of benzene rings is 2. The molecule has 1 N–H and O–H groups in total. The van der Waals surface area contributed by atoms with E-state index in [0.29, 0.717) is 61.4 Å². The van der Waals surface area contributed by atoms with Crippen molar-refractivity contribution in [1.82, 2.24) is 19.6 Å². The monoisotopic (exact) mass is 567 g/mol. The molecule has 40 heavy (non-hydrogen) atoms. The van der Waals surface area contributed by atoms with Gasteiger partial charge in [-0.2, -0.15) is 5.10 Å². The van der Waals surface area contributed by atoms with E-state index in [1.54, 1.807) is 59.6 Å². The maximum Gasteiger partial charge on any atom is 0.409 e. The molecule has 1 atom stereocenters. The number of rotatable bonds is 8. The van der Waals surface area contributed by atoms with Crippen LogP contribution in [0.1, 0.15) is 47.1 Å². The Morgan fingerprint density at radius 2 is 1.70 bits per heavy atom. The molecule has 1 fully saturated rings. The van der Waals surface area contributed by atoms with Crippen LogP contribution in [0.5, 0.6) is 5.75 Å². The lowest BCUT2D eigenvalue weighted by atomic mass is 10.1. The van der Waals surface area contributed by atoms with Crippen LogP contribution in [-0.2, 0) is 16.1 Å². The molecule has 10 nitrogen and oxygen atoms in total. The van der Waals surface area contributed by atoms with Crippen LogP contribution >= 0.6 is 11.6 Å². The molecule has 2 aromatic carbocycles. The first-order valence-corrected chi connectivity index (χ1v) is 13.6. The summed E-state index contributed by atoms with van der Waals surface area (Å²) in [6.07, 6.45) is 1.31. The number of nitrogens with one attached hydrogen (secondary N) is 1. The highest BCUT2D eigenvalue weighted by molar-refractivity contribution is 6.31. The molecular weight excluding hydrogens is 534 g/mol. The van der Waals surface area contributed by atoms with E-state index in [2.05, 4.69) is 10.4 Å². The van der Waals surface area contributed by atoms with Crippen molar-refractivity contribution in [3.05, 3.63) is 76.1 Å². The van der Waals surface area contributed by atoms with Crippen LogP contribution in [0.2, 0.25) is 5.02 Å². The lowest BCUT2D eigenvalue weighted by Gasteiger charge is -2.35. The van der Waals surface area contributed by atoms with Crippen LogP contribution in [0.3, 0.4) is 0 Å². The summed E-state index contributed by atoms with van der Waals surface area (Å²) in [5.41, 5.74) is 3.48. The number of aryl methyl sites for hydroxylation is 2. The lowest BCUT2D eigenvalue weighted by molar-refractivity contribution is -0.136. The average molecular weight is 568 g/mol. The van der Waals surface area contributed by atoms with Gasteiger partial charge in [0.05, 0.1) is 18.0 Å². The first-order valence-electron chi connectivity index (χ1n) is 13.2. The minimum atomic E-state index is -0.567. The molecule has 0 spiro atoms. The van der Waals surface area contributed by atoms with Crippen LogP contribution in [0, 0.1) is 13.8 Å². The largest absolute Gasteiger partial charge is 0.489 e. The Bertz CT molecular complexity index is 1370. The molecule has 11 heteroatoms. The average Bonchev–Trinajstić information content (AvgIpc) is 3.33. The summed E-state index contributed by atoms with van der Waals surface area (Å²) in [5, 5.41) is 8.05. The van der Waals surface area contributed by atoms with E-state index < -0.39 is 6.04 Å². The van der Waals surface area contributed by atoms with Crippen molar-refractivity contribution >= 4 is 35.2 Å². The zero-order valence-corrected chi connectivity index (χ0v) is 23.9. The smallest absolute Gasteiger partial charge is 0.409 e. The summed E-state index contributed by atoms with van der Waals surface area (Å²) < 4.78 is 12.4. The highest BCUT2D eigenvalue weighted by Crippen LogP contribution is 2.23. The minimum Gasteiger partial charge on any atom is -0.489 e. The van der Waals surface area contributed by atoms with Crippen molar-refractivity contribution in [1.29, 1.82) is 0 Å². The van der Waals surface area contributed by atoms with E-state index in [1.165, 1.54) is 0 Å². The van der Waals surface area contributed by atoms with Crippen molar-refractivity contribution in [3.8, 4) is 5.75 Å². The number of carbonyl (C=O) groups excluding carboxylic acids is 3. The fourth-order valence-corrected chi connectivity index (χ4v) is 4.44. The molecule has 3 aromatic rings. The molecule has 0 aliphatic carbocycles. The third-order valence-electron chi connectivity index (χ3n) is 6.79. The first-order chi connectivity index (χ1) is 19.2. The number of hydrogen-bond acceptors (Lipinski definition) is 6. The summed E-state index contributed by atoms with van der Waals surface area (Å²) in [6.45, 7) is 9.59. The number of nitrogens with zero attached hydrogens (tertiary/aromatic N) is 4. The quantitative estimate of drug-likeness (QED) is 0.417. The molecule has 1 aromatic heterocycles. The predicted octanol–water partition coefficient (Wildman–Crippen LogP) is 4.85. The number of carbonyl (C=O) groups is 3. The van der Waals surface area contributed by atoms with Crippen molar-refractivity contribution < 1.29 is 23.9 Å². The van der Waals surface area contributed by atoms with Gasteiger partial charge in [-0.3, -0.25) is 14.3 Å². The number of halogens is 1. The number of aromatic nitrogens is 2. The Balaban J connectivity index is 1.31. The molecule has 1 saturated heterocycles. The molecule has 4 rings (SSSR count). The zero-order valence-electron chi connectivity index (χ0n) is 23.1. The molecule has 2 heterocycles. The molecule has 0 radical (unpaired) electrons. The maximum absolute atomic E-state index is 13.1. The van der Waals surface area contributed by atoms with Crippen molar-refractivity contribution in [2.24, 2.45) is 0 Å². The van der Waals surface area contributed by atoms with Crippen LogP contribution in [-0.4, -0.2) is 70.3 Å². The number of piperazine rings is 1. The second kappa shape index (κ2) is 12.9. The highest BCUT2D eigenvalue weighted by atomic mass is 35.5.